The Morgan fingerprint density at radius 2 is 2.00 bits per heavy atom. The third-order valence-corrected chi connectivity index (χ3v) is 4.33. The van der Waals surface area contributed by atoms with E-state index in [-0.39, 0.29) is 6.04 Å². The molecule has 2 aromatic rings. The summed E-state index contributed by atoms with van der Waals surface area (Å²) in [6, 6.07) is 5.98. The summed E-state index contributed by atoms with van der Waals surface area (Å²) in [7, 11) is 0. The Morgan fingerprint density at radius 3 is 2.67 bits per heavy atom. The largest absolute Gasteiger partial charge is 0.305 e. The van der Waals surface area contributed by atoms with Gasteiger partial charge < -0.3 is 5.32 Å². The molecule has 0 fully saturated rings. The average molecular weight is 326 g/mol. The number of aromatic nitrogens is 2. The van der Waals surface area contributed by atoms with Crippen LogP contribution in [0.15, 0.2) is 24.4 Å². The quantitative estimate of drug-likeness (QED) is 0.840. The third kappa shape index (κ3) is 3.42. The van der Waals surface area contributed by atoms with Crippen LogP contribution in [0.4, 0.5) is 0 Å². The molecule has 114 valence electrons. The third-order valence-electron chi connectivity index (χ3n) is 3.63. The number of nitrogens with zero attached hydrogens (tertiary/aromatic N) is 2. The van der Waals surface area contributed by atoms with Crippen LogP contribution in [-0.4, -0.2) is 16.3 Å². The topological polar surface area (TPSA) is 29.9 Å². The Hall–Kier alpha value is -1.03. The molecule has 1 N–H and O–H groups in total. The van der Waals surface area contributed by atoms with Gasteiger partial charge in [-0.25, -0.2) is 0 Å². The molecule has 1 heterocycles. The van der Waals surface area contributed by atoms with Crippen LogP contribution in [0.1, 0.15) is 43.1 Å². The highest BCUT2D eigenvalue weighted by Gasteiger charge is 2.23. The second-order valence-electron chi connectivity index (χ2n) is 5.03. The van der Waals surface area contributed by atoms with Crippen LogP contribution in [0.5, 0.6) is 0 Å². The van der Waals surface area contributed by atoms with Crippen LogP contribution in [0.3, 0.4) is 0 Å². The molecule has 1 aromatic heterocycles. The fourth-order valence-corrected chi connectivity index (χ4v) is 2.92. The number of aryl methyl sites for hydroxylation is 1. The van der Waals surface area contributed by atoms with Crippen LogP contribution < -0.4 is 5.32 Å². The predicted molar refractivity (Wildman–Crippen MR) is 89.2 cm³/mol. The van der Waals surface area contributed by atoms with Crippen molar-refractivity contribution in [2.45, 2.75) is 39.8 Å². The minimum Gasteiger partial charge on any atom is -0.305 e. The van der Waals surface area contributed by atoms with Crippen molar-refractivity contribution in [2.75, 3.05) is 6.54 Å². The summed E-state index contributed by atoms with van der Waals surface area (Å²) in [5, 5.41) is 9.38. The molecule has 2 rings (SSSR count). The fourth-order valence-electron chi connectivity index (χ4n) is 2.49. The zero-order valence-electron chi connectivity index (χ0n) is 12.7. The molecule has 0 spiro atoms. The molecule has 0 bridgehead atoms. The SMILES string of the molecule is CCCNC(c1cccc(Cl)c1C)c1c(Cl)cnn1CC. The van der Waals surface area contributed by atoms with Crippen LogP contribution in [0.2, 0.25) is 10.0 Å². The Bertz CT molecular complexity index is 608. The molecule has 0 saturated carbocycles. The highest BCUT2D eigenvalue weighted by molar-refractivity contribution is 6.31. The van der Waals surface area contributed by atoms with Crippen LogP contribution >= 0.6 is 23.2 Å². The van der Waals surface area contributed by atoms with Crippen molar-refractivity contribution in [3.63, 3.8) is 0 Å². The molecule has 0 radical (unpaired) electrons. The van der Waals surface area contributed by atoms with Gasteiger partial charge in [0.1, 0.15) is 0 Å². The van der Waals surface area contributed by atoms with Crippen molar-refractivity contribution in [1.82, 2.24) is 15.1 Å². The van der Waals surface area contributed by atoms with E-state index >= 15 is 0 Å². The van der Waals surface area contributed by atoms with Crippen LogP contribution in [-0.2, 0) is 6.54 Å². The molecular formula is C16H21Cl2N3. The van der Waals surface area contributed by atoms with Crippen molar-refractivity contribution in [3.8, 4) is 0 Å². The van der Waals surface area contributed by atoms with Crippen molar-refractivity contribution >= 4 is 23.2 Å². The Kier molecular flexibility index (Phi) is 5.68. The molecule has 1 atom stereocenters. The highest BCUT2D eigenvalue weighted by atomic mass is 35.5. The van der Waals surface area contributed by atoms with Gasteiger partial charge in [-0.05, 0) is 44.0 Å². The lowest BCUT2D eigenvalue weighted by molar-refractivity contribution is 0.528. The molecular weight excluding hydrogens is 305 g/mol. The standard InChI is InChI=1S/C16H21Cl2N3/c1-4-9-19-15(12-7-6-8-13(17)11(12)3)16-14(18)10-20-21(16)5-2/h6-8,10,15,19H,4-5,9H2,1-3H3. The number of rotatable bonds is 6. The van der Waals surface area contributed by atoms with Gasteiger partial charge in [0.25, 0.3) is 0 Å². The normalized spacial score (nSPS) is 12.6. The van der Waals surface area contributed by atoms with Gasteiger partial charge in [0.2, 0.25) is 0 Å². The summed E-state index contributed by atoms with van der Waals surface area (Å²) in [5.74, 6) is 0. The van der Waals surface area contributed by atoms with Crippen LogP contribution in [0.25, 0.3) is 0 Å². The molecule has 1 unspecified atom stereocenters. The van der Waals surface area contributed by atoms with E-state index in [1.54, 1.807) is 6.20 Å². The van der Waals surface area contributed by atoms with Crippen molar-refractivity contribution in [1.29, 1.82) is 0 Å². The Labute approximate surface area is 136 Å². The van der Waals surface area contributed by atoms with Crippen molar-refractivity contribution in [2.24, 2.45) is 0 Å². The smallest absolute Gasteiger partial charge is 0.0837 e. The van der Waals surface area contributed by atoms with E-state index in [1.165, 1.54) is 0 Å². The van der Waals surface area contributed by atoms with Gasteiger partial charge in [-0.15, -0.1) is 0 Å². The lowest BCUT2D eigenvalue weighted by Crippen LogP contribution is -2.26. The molecule has 0 amide bonds. The first-order chi connectivity index (χ1) is 10.1. The van der Waals surface area contributed by atoms with Crippen molar-refractivity contribution in [3.05, 3.63) is 51.3 Å². The number of benzene rings is 1. The van der Waals surface area contributed by atoms with Gasteiger partial charge in [0.05, 0.1) is 23.0 Å². The van der Waals surface area contributed by atoms with Gasteiger partial charge >= 0.3 is 0 Å². The maximum atomic E-state index is 6.38. The van der Waals surface area contributed by atoms with Gasteiger partial charge in [0.15, 0.2) is 0 Å². The van der Waals surface area contributed by atoms with E-state index in [0.717, 1.165) is 41.4 Å². The van der Waals surface area contributed by atoms with Gasteiger partial charge in [-0.1, -0.05) is 42.3 Å². The van der Waals surface area contributed by atoms with E-state index < -0.39 is 0 Å². The van der Waals surface area contributed by atoms with E-state index in [4.69, 9.17) is 23.2 Å². The van der Waals surface area contributed by atoms with E-state index in [9.17, 15) is 0 Å². The molecule has 0 aliphatic rings. The lowest BCUT2D eigenvalue weighted by Gasteiger charge is -2.23. The molecule has 0 aliphatic carbocycles. The van der Waals surface area contributed by atoms with Gasteiger partial charge in [-0.2, -0.15) is 5.10 Å². The second-order valence-corrected chi connectivity index (χ2v) is 5.85. The maximum absolute atomic E-state index is 6.38. The maximum Gasteiger partial charge on any atom is 0.0837 e. The predicted octanol–water partition coefficient (Wildman–Crippen LogP) is 4.61. The highest BCUT2D eigenvalue weighted by Crippen LogP contribution is 2.32. The first kappa shape index (κ1) is 16.3. The van der Waals surface area contributed by atoms with Crippen LogP contribution in [0, 0.1) is 6.92 Å². The molecule has 1 aromatic carbocycles. The Balaban J connectivity index is 2.52. The first-order valence-electron chi connectivity index (χ1n) is 7.29. The molecule has 5 heteroatoms. The number of nitrogens with one attached hydrogen (secondary N) is 1. The minimum atomic E-state index is -0.00130. The Morgan fingerprint density at radius 1 is 1.24 bits per heavy atom. The minimum absolute atomic E-state index is 0.00130. The summed E-state index contributed by atoms with van der Waals surface area (Å²) in [6.45, 7) is 7.94. The zero-order valence-corrected chi connectivity index (χ0v) is 14.2. The summed E-state index contributed by atoms with van der Waals surface area (Å²) >= 11 is 12.7. The number of hydrogen-bond acceptors (Lipinski definition) is 2. The lowest BCUT2D eigenvalue weighted by atomic mass is 9.98. The van der Waals surface area contributed by atoms with Gasteiger partial charge in [0, 0.05) is 11.6 Å². The number of hydrogen-bond donors (Lipinski definition) is 1. The zero-order chi connectivity index (χ0) is 15.4. The second kappa shape index (κ2) is 7.30. The average Bonchev–Trinajstić information content (AvgIpc) is 2.85. The summed E-state index contributed by atoms with van der Waals surface area (Å²) in [6.07, 6.45) is 2.76. The van der Waals surface area contributed by atoms with E-state index in [0.29, 0.717) is 5.02 Å². The summed E-state index contributed by atoms with van der Waals surface area (Å²) in [4.78, 5) is 0. The van der Waals surface area contributed by atoms with E-state index in [1.807, 2.05) is 23.7 Å². The molecule has 0 aliphatic heterocycles. The molecule has 21 heavy (non-hydrogen) atoms. The molecule has 3 nitrogen and oxygen atoms in total. The molecule has 0 saturated heterocycles. The monoisotopic (exact) mass is 325 g/mol. The number of halogens is 2. The fraction of sp³-hybridized carbons (Fsp3) is 0.438. The van der Waals surface area contributed by atoms with E-state index in [2.05, 4.69) is 30.3 Å². The van der Waals surface area contributed by atoms with Crippen molar-refractivity contribution < 1.29 is 0 Å². The first-order valence-corrected chi connectivity index (χ1v) is 8.05. The summed E-state index contributed by atoms with van der Waals surface area (Å²) in [5.41, 5.74) is 3.22. The van der Waals surface area contributed by atoms with Gasteiger partial charge in [-0.3, -0.25) is 4.68 Å². The summed E-state index contributed by atoms with van der Waals surface area (Å²) < 4.78 is 1.94.